The molecule has 1 aliphatic rings. The number of Topliss-reactive ketones (excluding diaryl/α,β-unsaturated/α-hetero) is 1. The van der Waals surface area contributed by atoms with Crippen molar-refractivity contribution in [3.05, 3.63) is 64.2 Å². The maximum Gasteiger partial charge on any atom is 0.311 e. The fraction of sp³-hybridized carbons (Fsp3) is 0.286. The Morgan fingerprint density at radius 1 is 1.15 bits per heavy atom. The predicted molar refractivity (Wildman–Crippen MR) is 103 cm³/mol. The lowest BCUT2D eigenvalue weighted by atomic mass is 10.0. The van der Waals surface area contributed by atoms with E-state index >= 15 is 0 Å². The SMILES string of the molecule is Cc1ccc(C(=O)COC(=O)[C@H]2CC(=O)N(c3ccccc3Cl)C2)cc1C. The number of hydrogen-bond donors (Lipinski definition) is 0. The van der Waals surface area contributed by atoms with Crippen molar-refractivity contribution < 1.29 is 19.1 Å². The minimum Gasteiger partial charge on any atom is -0.457 e. The number of amides is 1. The Labute approximate surface area is 162 Å². The Bertz CT molecular complexity index is 909. The number of ether oxygens (including phenoxy) is 1. The molecule has 1 aliphatic heterocycles. The number of carbonyl (C=O) groups excluding carboxylic acids is 3. The average molecular weight is 386 g/mol. The molecular formula is C21H20ClNO4. The molecule has 0 aliphatic carbocycles. The minimum absolute atomic E-state index is 0.0435. The molecule has 0 N–H and O–H groups in total. The van der Waals surface area contributed by atoms with E-state index in [9.17, 15) is 14.4 Å². The number of ketones is 1. The van der Waals surface area contributed by atoms with Crippen LogP contribution in [0.3, 0.4) is 0 Å². The number of anilines is 1. The lowest BCUT2D eigenvalue weighted by Gasteiger charge is -2.17. The molecule has 5 nitrogen and oxygen atoms in total. The van der Waals surface area contributed by atoms with E-state index in [0.29, 0.717) is 16.3 Å². The van der Waals surface area contributed by atoms with Gasteiger partial charge in [0.05, 0.1) is 16.6 Å². The summed E-state index contributed by atoms with van der Waals surface area (Å²) in [4.78, 5) is 38.3. The lowest BCUT2D eigenvalue weighted by molar-refractivity contribution is -0.147. The minimum atomic E-state index is -0.610. The van der Waals surface area contributed by atoms with Crippen molar-refractivity contribution in [3.8, 4) is 0 Å². The highest BCUT2D eigenvalue weighted by atomic mass is 35.5. The van der Waals surface area contributed by atoms with Gasteiger partial charge in [-0.25, -0.2) is 0 Å². The second-order valence-corrected chi connectivity index (χ2v) is 7.09. The van der Waals surface area contributed by atoms with Crippen LogP contribution in [0.5, 0.6) is 0 Å². The number of aryl methyl sites for hydroxylation is 2. The number of hydrogen-bond acceptors (Lipinski definition) is 4. The Hall–Kier alpha value is -2.66. The fourth-order valence-corrected chi connectivity index (χ4v) is 3.26. The zero-order valence-electron chi connectivity index (χ0n) is 15.2. The molecule has 1 atom stereocenters. The second-order valence-electron chi connectivity index (χ2n) is 6.69. The summed E-state index contributed by atoms with van der Waals surface area (Å²) in [5.41, 5.74) is 3.17. The van der Waals surface area contributed by atoms with E-state index in [1.807, 2.05) is 19.9 Å². The van der Waals surface area contributed by atoms with Crippen LogP contribution < -0.4 is 4.90 Å². The number of rotatable bonds is 5. The molecule has 1 amide bonds. The highest BCUT2D eigenvalue weighted by Crippen LogP contribution is 2.31. The van der Waals surface area contributed by atoms with Gasteiger partial charge in [-0.3, -0.25) is 14.4 Å². The van der Waals surface area contributed by atoms with Gasteiger partial charge in [-0.1, -0.05) is 35.9 Å². The molecule has 0 aromatic heterocycles. The summed E-state index contributed by atoms with van der Waals surface area (Å²) in [5, 5.41) is 0.449. The number of para-hydroxylation sites is 1. The van der Waals surface area contributed by atoms with Crippen molar-refractivity contribution in [1.82, 2.24) is 0 Å². The van der Waals surface area contributed by atoms with Crippen molar-refractivity contribution >= 4 is 34.9 Å². The largest absolute Gasteiger partial charge is 0.457 e. The van der Waals surface area contributed by atoms with Gasteiger partial charge in [0.15, 0.2) is 12.4 Å². The van der Waals surface area contributed by atoms with Gasteiger partial charge in [0.25, 0.3) is 0 Å². The number of benzene rings is 2. The van der Waals surface area contributed by atoms with Crippen LogP contribution in [-0.4, -0.2) is 30.8 Å². The maximum absolute atomic E-state index is 12.3. The third-order valence-electron chi connectivity index (χ3n) is 4.78. The average Bonchev–Trinajstić information content (AvgIpc) is 3.03. The van der Waals surface area contributed by atoms with Gasteiger partial charge in [0.2, 0.25) is 5.91 Å². The topological polar surface area (TPSA) is 63.7 Å². The molecule has 1 fully saturated rings. The molecule has 27 heavy (non-hydrogen) atoms. The summed E-state index contributed by atoms with van der Waals surface area (Å²) in [6, 6.07) is 12.3. The molecule has 0 bridgehead atoms. The number of esters is 1. The monoisotopic (exact) mass is 385 g/mol. The van der Waals surface area contributed by atoms with Crippen LogP contribution in [0, 0.1) is 19.8 Å². The summed E-state index contributed by atoms with van der Waals surface area (Å²) >= 11 is 6.14. The second kappa shape index (κ2) is 7.92. The van der Waals surface area contributed by atoms with Crippen LogP contribution in [0.2, 0.25) is 5.02 Å². The number of carbonyl (C=O) groups is 3. The Morgan fingerprint density at radius 2 is 1.89 bits per heavy atom. The normalized spacial score (nSPS) is 16.5. The molecule has 0 spiro atoms. The van der Waals surface area contributed by atoms with Crippen molar-refractivity contribution in [3.63, 3.8) is 0 Å². The van der Waals surface area contributed by atoms with E-state index in [-0.39, 0.29) is 31.3 Å². The third kappa shape index (κ3) is 4.19. The number of nitrogens with zero attached hydrogens (tertiary/aromatic N) is 1. The molecule has 3 rings (SSSR count). The van der Waals surface area contributed by atoms with Gasteiger partial charge in [-0.15, -0.1) is 0 Å². The zero-order chi connectivity index (χ0) is 19.6. The van der Waals surface area contributed by atoms with E-state index < -0.39 is 11.9 Å². The quantitative estimate of drug-likeness (QED) is 0.581. The molecule has 140 valence electrons. The van der Waals surface area contributed by atoms with Gasteiger partial charge in [0, 0.05) is 18.5 Å². The van der Waals surface area contributed by atoms with E-state index in [1.165, 1.54) is 4.90 Å². The summed E-state index contributed by atoms with van der Waals surface area (Å²) in [7, 11) is 0. The summed E-state index contributed by atoms with van der Waals surface area (Å²) in [6.07, 6.45) is 0.0435. The van der Waals surface area contributed by atoms with Gasteiger partial charge in [-0.2, -0.15) is 0 Å². The smallest absolute Gasteiger partial charge is 0.311 e. The Kier molecular flexibility index (Phi) is 5.61. The lowest BCUT2D eigenvalue weighted by Crippen LogP contribution is -2.27. The predicted octanol–water partition coefficient (Wildman–Crippen LogP) is 3.74. The van der Waals surface area contributed by atoms with Gasteiger partial charge in [-0.05, 0) is 43.2 Å². The zero-order valence-corrected chi connectivity index (χ0v) is 16.0. The van der Waals surface area contributed by atoms with Crippen molar-refractivity contribution in [1.29, 1.82) is 0 Å². The van der Waals surface area contributed by atoms with Gasteiger partial charge >= 0.3 is 5.97 Å². The van der Waals surface area contributed by atoms with Crippen LogP contribution >= 0.6 is 11.6 Å². The van der Waals surface area contributed by atoms with Crippen molar-refractivity contribution in [2.45, 2.75) is 20.3 Å². The summed E-state index contributed by atoms with van der Waals surface area (Å²) in [5.74, 6) is -1.61. The van der Waals surface area contributed by atoms with Crippen LogP contribution in [-0.2, 0) is 14.3 Å². The van der Waals surface area contributed by atoms with Crippen molar-refractivity contribution in [2.75, 3.05) is 18.1 Å². The first-order valence-electron chi connectivity index (χ1n) is 8.69. The van der Waals surface area contributed by atoms with E-state index in [2.05, 4.69) is 0 Å². The standard InChI is InChI=1S/C21H20ClNO4/c1-13-7-8-15(9-14(13)2)19(24)12-27-21(26)16-10-20(25)23(11-16)18-6-4-3-5-17(18)22/h3-9,16H,10-12H2,1-2H3/t16-/m0/s1. The highest BCUT2D eigenvalue weighted by molar-refractivity contribution is 6.33. The van der Waals surface area contributed by atoms with Crippen LogP contribution in [0.15, 0.2) is 42.5 Å². The highest BCUT2D eigenvalue weighted by Gasteiger charge is 2.37. The Morgan fingerprint density at radius 3 is 2.59 bits per heavy atom. The van der Waals surface area contributed by atoms with Crippen LogP contribution in [0.25, 0.3) is 0 Å². The van der Waals surface area contributed by atoms with Gasteiger partial charge < -0.3 is 9.64 Å². The van der Waals surface area contributed by atoms with Crippen LogP contribution in [0.1, 0.15) is 27.9 Å². The fourth-order valence-electron chi connectivity index (χ4n) is 3.02. The molecule has 1 saturated heterocycles. The first-order valence-corrected chi connectivity index (χ1v) is 9.06. The van der Waals surface area contributed by atoms with E-state index in [4.69, 9.17) is 16.3 Å². The van der Waals surface area contributed by atoms with E-state index in [0.717, 1.165) is 11.1 Å². The van der Waals surface area contributed by atoms with Crippen molar-refractivity contribution in [2.24, 2.45) is 5.92 Å². The number of halogens is 1. The molecule has 0 unspecified atom stereocenters. The summed E-state index contributed by atoms with van der Waals surface area (Å²) < 4.78 is 5.17. The maximum atomic E-state index is 12.3. The Balaban J connectivity index is 1.60. The molecule has 1 heterocycles. The summed E-state index contributed by atoms with van der Waals surface area (Å²) in [6.45, 7) is 3.74. The molecule has 0 radical (unpaired) electrons. The molecule has 2 aromatic carbocycles. The molecule has 0 saturated carbocycles. The molecular weight excluding hydrogens is 366 g/mol. The van der Waals surface area contributed by atoms with Gasteiger partial charge in [0.1, 0.15) is 0 Å². The molecule has 6 heteroatoms. The van der Waals surface area contributed by atoms with E-state index in [1.54, 1.807) is 36.4 Å². The molecule has 2 aromatic rings. The third-order valence-corrected chi connectivity index (χ3v) is 5.10. The van der Waals surface area contributed by atoms with Crippen LogP contribution in [0.4, 0.5) is 5.69 Å². The first kappa shape index (κ1) is 19.1. The first-order chi connectivity index (χ1) is 12.9.